The van der Waals surface area contributed by atoms with Gasteiger partial charge in [0.15, 0.2) is 5.78 Å². The third-order valence-corrected chi connectivity index (χ3v) is 4.80. The molecule has 1 aromatic heterocycles. The number of nitrogens with zero attached hydrogens (tertiary/aromatic N) is 2. The summed E-state index contributed by atoms with van der Waals surface area (Å²) < 4.78 is 10.6. The van der Waals surface area contributed by atoms with Crippen molar-refractivity contribution in [2.45, 2.75) is 45.6 Å². The molecule has 1 aliphatic heterocycles. The Morgan fingerprint density at radius 3 is 2.54 bits per heavy atom. The van der Waals surface area contributed by atoms with Crippen LogP contribution in [0, 0.1) is 5.41 Å². The highest BCUT2D eigenvalue weighted by Gasteiger charge is 2.48. The van der Waals surface area contributed by atoms with Gasteiger partial charge in [-0.2, -0.15) is 0 Å². The molecule has 1 saturated heterocycles. The number of amides is 1. The molecule has 1 spiro atoms. The number of aromatic nitrogens is 1. The van der Waals surface area contributed by atoms with Crippen molar-refractivity contribution in [3.8, 4) is 5.88 Å². The monoisotopic (exact) mass is 332 g/mol. The first-order valence-electron chi connectivity index (χ1n) is 8.30. The predicted octanol–water partition coefficient (Wildman–Crippen LogP) is 2.85. The summed E-state index contributed by atoms with van der Waals surface area (Å²) in [6.07, 6.45) is 3.32. The number of carbonyl (C=O) groups is 2. The second-order valence-corrected chi connectivity index (χ2v) is 7.64. The minimum atomic E-state index is -0.506. The van der Waals surface area contributed by atoms with E-state index in [0.717, 1.165) is 5.56 Å². The number of hydrogen-bond acceptors (Lipinski definition) is 5. The lowest BCUT2D eigenvalue weighted by Crippen LogP contribution is -2.47. The van der Waals surface area contributed by atoms with E-state index in [-0.39, 0.29) is 11.9 Å². The van der Waals surface area contributed by atoms with Gasteiger partial charge in [0.05, 0.1) is 7.11 Å². The molecule has 1 amide bonds. The summed E-state index contributed by atoms with van der Waals surface area (Å²) in [6, 6.07) is 1.85. The highest BCUT2D eigenvalue weighted by atomic mass is 16.6. The maximum absolute atomic E-state index is 12.9. The molecule has 1 fully saturated rings. The lowest BCUT2D eigenvalue weighted by Gasteiger charge is -2.38. The summed E-state index contributed by atoms with van der Waals surface area (Å²) >= 11 is 0. The van der Waals surface area contributed by atoms with Crippen molar-refractivity contribution >= 4 is 11.9 Å². The largest absolute Gasteiger partial charge is 0.481 e. The van der Waals surface area contributed by atoms with Gasteiger partial charge in [-0.1, -0.05) is 0 Å². The fourth-order valence-corrected chi connectivity index (χ4v) is 3.52. The number of pyridine rings is 1. The highest BCUT2D eigenvalue weighted by molar-refractivity contribution is 6.05. The molecule has 0 saturated carbocycles. The summed E-state index contributed by atoms with van der Waals surface area (Å²) in [5.41, 5.74) is 0.780. The fourth-order valence-electron chi connectivity index (χ4n) is 3.52. The van der Waals surface area contributed by atoms with E-state index in [0.29, 0.717) is 43.8 Å². The number of ether oxygens (including phenoxy) is 2. The van der Waals surface area contributed by atoms with E-state index in [2.05, 4.69) is 4.98 Å². The first kappa shape index (κ1) is 16.7. The maximum Gasteiger partial charge on any atom is 0.410 e. The van der Waals surface area contributed by atoms with Crippen LogP contribution in [0.3, 0.4) is 0 Å². The quantitative estimate of drug-likeness (QED) is 0.791. The van der Waals surface area contributed by atoms with Gasteiger partial charge in [-0.3, -0.25) is 4.79 Å². The Bertz CT molecular complexity index is 670. The molecule has 0 atom stereocenters. The van der Waals surface area contributed by atoms with Crippen molar-refractivity contribution in [3.63, 3.8) is 0 Å². The summed E-state index contributed by atoms with van der Waals surface area (Å²) in [6.45, 7) is 6.65. The number of likely N-dealkylation sites (tertiary alicyclic amines) is 1. The number of hydrogen-bond donors (Lipinski definition) is 0. The van der Waals surface area contributed by atoms with Gasteiger partial charge in [0.1, 0.15) is 5.60 Å². The number of carbonyl (C=O) groups excluding carboxylic acids is 2. The number of ketones is 1. The molecule has 2 aliphatic rings. The summed E-state index contributed by atoms with van der Waals surface area (Å²) in [7, 11) is 1.57. The van der Waals surface area contributed by atoms with Crippen LogP contribution in [0.5, 0.6) is 5.88 Å². The number of methoxy groups -OCH3 is 1. The molecule has 24 heavy (non-hydrogen) atoms. The van der Waals surface area contributed by atoms with Crippen molar-refractivity contribution in [2.75, 3.05) is 20.2 Å². The molecular formula is C18H24N2O4. The molecule has 0 unspecified atom stereocenters. The van der Waals surface area contributed by atoms with Crippen LogP contribution in [-0.2, 0) is 11.2 Å². The SMILES string of the molecule is COc1cc2c(cn1)C(=O)C1(CCN(C(=O)OC(C)(C)C)CC1)C2. The first-order chi connectivity index (χ1) is 11.2. The van der Waals surface area contributed by atoms with Gasteiger partial charge in [0.25, 0.3) is 0 Å². The molecule has 130 valence electrons. The van der Waals surface area contributed by atoms with Gasteiger partial charge >= 0.3 is 6.09 Å². The molecule has 0 bridgehead atoms. The van der Waals surface area contributed by atoms with Crippen molar-refractivity contribution in [3.05, 3.63) is 23.4 Å². The second-order valence-electron chi connectivity index (χ2n) is 7.64. The van der Waals surface area contributed by atoms with Crippen molar-refractivity contribution < 1.29 is 19.1 Å². The van der Waals surface area contributed by atoms with Gasteiger partial charge in [-0.05, 0) is 45.6 Å². The van der Waals surface area contributed by atoms with E-state index in [1.165, 1.54) is 0 Å². The van der Waals surface area contributed by atoms with Crippen LogP contribution >= 0.6 is 0 Å². The smallest absolute Gasteiger partial charge is 0.410 e. The number of Topliss-reactive ketones (excluding diaryl/α,β-unsaturated/α-hetero) is 1. The second kappa shape index (κ2) is 5.76. The van der Waals surface area contributed by atoms with Crippen LogP contribution in [-0.4, -0.2) is 47.6 Å². The first-order valence-corrected chi connectivity index (χ1v) is 8.30. The average molecular weight is 332 g/mol. The topological polar surface area (TPSA) is 68.7 Å². The van der Waals surface area contributed by atoms with E-state index >= 15 is 0 Å². The van der Waals surface area contributed by atoms with Gasteiger partial charge in [0, 0.05) is 36.3 Å². The van der Waals surface area contributed by atoms with E-state index in [1.54, 1.807) is 18.2 Å². The predicted molar refractivity (Wildman–Crippen MR) is 88.3 cm³/mol. The number of piperidine rings is 1. The van der Waals surface area contributed by atoms with Crippen LogP contribution in [0.15, 0.2) is 12.3 Å². The zero-order valence-corrected chi connectivity index (χ0v) is 14.7. The minimum Gasteiger partial charge on any atom is -0.481 e. The Morgan fingerprint density at radius 2 is 1.96 bits per heavy atom. The van der Waals surface area contributed by atoms with Crippen molar-refractivity contribution in [1.82, 2.24) is 9.88 Å². The minimum absolute atomic E-state index is 0.150. The molecule has 1 aliphatic carbocycles. The molecule has 6 nitrogen and oxygen atoms in total. The molecule has 2 heterocycles. The highest BCUT2D eigenvalue weighted by Crippen LogP contribution is 2.45. The van der Waals surface area contributed by atoms with Gasteiger partial charge in [-0.15, -0.1) is 0 Å². The van der Waals surface area contributed by atoms with E-state index in [1.807, 2.05) is 26.8 Å². The molecule has 0 N–H and O–H groups in total. The van der Waals surface area contributed by atoms with Gasteiger partial charge in [0.2, 0.25) is 5.88 Å². The van der Waals surface area contributed by atoms with Crippen LogP contribution in [0.25, 0.3) is 0 Å². The van der Waals surface area contributed by atoms with Crippen LogP contribution in [0.4, 0.5) is 4.79 Å². The van der Waals surface area contributed by atoms with E-state index < -0.39 is 11.0 Å². The molecule has 3 rings (SSSR count). The van der Waals surface area contributed by atoms with Crippen molar-refractivity contribution in [1.29, 1.82) is 0 Å². The summed E-state index contributed by atoms with van der Waals surface area (Å²) in [4.78, 5) is 30.9. The molecule has 0 aromatic carbocycles. The summed E-state index contributed by atoms with van der Waals surface area (Å²) in [5.74, 6) is 0.682. The third-order valence-electron chi connectivity index (χ3n) is 4.80. The standard InChI is InChI=1S/C18H24N2O4/c1-17(2,3)24-16(22)20-7-5-18(6-8-20)10-12-9-14(23-4)19-11-13(12)15(18)21/h9,11H,5-8,10H2,1-4H3. The van der Waals surface area contributed by atoms with E-state index in [9.17, 15) is 9.59 Å². The van der Waals surface area contributed by atoms with E-state index in [4.69, 9.17) is 9.47 Å². The molecule has 6 heteroatoms. The lowest BCUT2D eigenvalue weighted by atomic mass is 9.75. The number of rotatable bonds is 1. The van der Waals surface area contributed by atoms with Crippen molar-refractivity contribution in [2.24, 2.45) is 5.41 Å². The molecular weight excluding hydrogens is 308 g/mol. The Morgan fingerprint density at radius 1 is 1.29 bits per heavy atom. The van der Waals surface area contributed by atoms with Gasteiger partial charge < -0.3 is 14.4 Å². The summed E-state index contributed by atoms with van der Waals surface area (Å²) in [5, 5.41) is 0. The Kier molecular flexibility index (Phi) is 4.01. The zero-order valence-electron chi connectivity index (χ0n) is 14.7. The molecule has 0 radical (unpaired) electrons. The lowest BCUT2D eigenvalue weighted by molar-refractivity contribution is 0.0114. The third kappa shape index (κ3) is 2.97. The van der Waals surface area contributed by atoms with Crippen LogP contribution < -0.4 is 4.74 Å². The normalized spacial score (nSPS) is 19.3. The number of fused-ring (bicyclic) bond motifs is 1. The average Bonchev–Trinajstić information content (AvgIpc) is 2.78. The maximum atomic E-state index is 12.9. The molecule has 1 aromatic rings. The van der Waals surface area contributed by atoms with Crippen LogP contribution in [0.2, 0.25) is 0 Å². The Hall–Kier alpha value is -2.11. The Labute approximate surface area is 142 Å². The Balaban J connectivity index is 1.70. The fraction of sp³-hybridized carbons (Fsp3) is 0.611. The zero-order chi connectivity index (χ0) is 17.5. The van der Waals surface area contributed by atoms with Crippen LogP contribution in [0.1, 0.15) is 49.5 Å². The van der Waals surface area contributed by atoms with Gasteiger partial charge in [-0.25, -0.2) is 9.78 Å².